The minimum Gasteiger partial charge on any atom is -0.339 e. The van der Waals surface area contributed by atoms with Crippen molar-refractivity contribution < 1.29 is 18.0 Å². The molecule has 146 valence electrons. The molecule has 1 atom stereocenters. The van der Waals surface area contributed by atoms with Gasteiger partial charge in [0.1, 0.15) is 6.04 Å². The summed E-state index contributed by atoms with van der Waals surface area (Å²) < 4.78 is 41.1. The van der Waals surface area contributed by atoms with E-state index in [-0.39, 0.29) is 5.69 Å². The largest absolute Gasteiger partial charge is 0.408 e. The van der Waals surface area contributed by atoms with Crippen LogP contribution >= 0.6 is 0 Å². The molecule has 3 aromatic heterocycles. The number of nitrogens with zero attached hydrogens (tertiary/aromatic N) is 4. The lowest BCUT2D eigenvalue weighted by Gasteiger charge is -2.21. The van der Waals surface area contributed by atoms with Crippen LogP contribution in [0, 0.1) is 19.8 Å². The molecule has 1 aliphatic carbocycles. The molecule has 0 saturated heterocycles. The Balaban J connectivity index is 1.72. The van der Waals surface area contributed by atoms with Gasteiger partial charge in [0.25, 0.3) is 5.91 Å². The number of imidazole rings is 1. The maximum atomic E-state index is 13.3. The van der Waals surface area contributed by atoms with E-state index in [0.717, 1.165) is 16.7 Å². The fourth-order valence-electron chi connectivity index (χ4n) is 3.22. The van der Waals surface area contributed by atoms with Crippen molar-refractivity contribution in [3.63, 3.8) is 0 Å². The molecule has 28 heavy (non-hydrogen) atoms. The van der Waals surface area contributed by atoms with Gasteiger partial charge in [0, 0.05) is 18.0 Å². The quantitative estimate of drug-likeness (QED) is 0.742. The highest BCUT2D eigenvalue weighted by Gasteiger charge is 2.49. The number of hydrogen-bond acceptors (Lipinski definition) is 4. The summed E-state index contributed by atoms with van der Waals surface area (Å²) in [7, 11) is 0. The lowest BCUT2D eigenvalue weighted by atomic mass is 10.1. The first kappa shape index (κ1) is 18.4. The van der Waals surface area contributed by atoms with Crippen molar-refractivity contribution in [2.75, 3.05) is 0 Å². The van der Waals surface area contributed by atoms with Gasteiger partial charge in [-0.2, -0.15) is 18.3 Å². The number of pyridine rings is 1. The van der Waals surface area contributed by atoms with E-state index in [9.17, 15) is 18.0 Å². The van der Waals surface area contributed by atoms with Crippen molar-refractivity contribution in [1.29, 1.82) is 0 Å². The van der Waals surface area contributed by atoms with Gasteiger partial charge in [-0.15, -0.1) is 0 Å². The summed E-state index contributed by atoms with van der Waals surface area (Å²) in [6.07, 6.45) is 1.03. The second-order valence-electron chi connectivity index (χ2n) is 7.17. The van der Waals surface area contributed by atoms with Crippen LogP contribution in [0.3, 0.4) is 0 Å². The van der Waals surface area contributed by atoms with Crippen LogP contribution in [0.2, 0.25) is 0 Å². The first-order valence-corrected chi connectivity index (χ1v) is 8.89. The predicted molar refractivity (Wildman–Crippen MR) is 95.7 cm³/mol. The number of aromatic nitrogens is 4. The number of hydrogen-bond donors (Lipinski definition) is 1. The second-order valence-corrected chi connectivity index (χ2v) is 7.17. The zero-order chi connectivity index (χ0) is 20.1. The summed E-state index contributed by atoms with van der Waals surface area (Å²) >= 11 is 0. The molecule has 4 rings (SSSR count). The normalized spacial score (nSPS) is 15.6. The van der Waals surface area contributed by atoms with Gasteiger partial charge in [0.2, 0.25) is 0 Å². The minimum atomic E-state index is -4.49. The number of amides is 1. The van der Waals surface area contributed by atoms with Crippen molar-refractivity contribution in [3.05, 3.63) is 47.5 Å². The molecular weight excluding hydrogens is 371 g/mol. The van der Waals surface area contributed by atoms with Gasteiger partial charge in [-0.25, -0.2) is 9.50 Å². The highest BCUT2D eigenvalue weighted by Crippen LogP contribution is 2.40. The van der Waals surface area contributed by atoms with Crippen LogP contribution in [0.5, 0.6) is 0 Å². The first-order valence-electron chi connectivity index (χ1n) is 8.89. The van der Waals surface area contributed by atoms with Crippen molar-refractivity contribution in [2.24, 2.45) is 5.92 Å². The molecule has 1 aliphatic rings. The van der Waals surface area contributed by atoms with E-state index < -0.39 is 24.0 Å². The molecule has 0 aliphatic heterocycles. The maximum Gasteiger partial charge on any atom is 0.408 e. The van der Waals surface area contributed by atoms with E-state index in [2.05, 4.69) is 20.4 Å². The van der Waals surface area contributed by atoms with Crippen molar-refractivity contribution in [2.45, 2.75) is 38.9 Å². The van der Waals surface area contributed by atoms with Gasteiger partial charge < -0.3 is 5.32 Å². The van der Waals surface area contributed by atoms with Gasteiger partial charge in [0.15, 0.2) is 11.3 Å². The molecule has 9 heteroatoms. The Morgan fingerprint density at radius 3 is 2.61 bits per heavy atom. The lowest BCUT2D eigenvalue weighted by Crippen LogP contribution is -2.47. The third-order valence-electron chi connectivity index (χ3n) is 4.79. The first-order chi connectivity index (χ1) is 13.2. The lowest BCUT2D eigenvalue weighted by molar-refractivity contribution is -0.158. The molecule has 3 heterocycles. The molecule has 0 aromatic carbocycles. The van der Waals surface area contributed by atoms with Gasteiger partial charge in [-0.3, -0.25) is 9.78 Å². The summed E-state index contributed by atoms with van der Waals surface area (Å²) in [6, 6.07) is 1.85. The number of fused-ring (bicyclic) bond motifs is 1. The van der Waals surface area contributed by atoms with Crippen molar-refractivity contribution in [3.8, 4) is 11.3 Å². The van der Waals surface area contributed by atoms with Crippen LogP contribution in [0.1, 0.15) is 34.5 Å². The summed E-state index contributed by atoms with van der Waals surface area (Å²) in [6.45, 7) is 3.70. The fourth-order valence-corrected chi connectivity index (χ4v) is 3.22. The van der Waals surface area contributed by atoms with Gasteiger partial charge in [-0.05, 0) is 55.9 Å². The highest BCUT2D eigenvalue weighted by molar-refractivity contribution is 5.93. The SMILES string of the molecule is Cc1cncc(-c2cc(C)c3ncc(C(=O)N[C@H](C4CC4)C(F)(F)F)n3n2)c1. The number of aryl methyl sites for hydroxylation is 2. The van der Waals surface area contributed by atoms with E-state index >= 15 is 0 Å². The van der Waals surface area contributed by atoms with Crippen molar-refractivity contribution >= 4 is 11.6 Å². The van der Waals surface area contributed by atoms with Gasteiger partial charge in [0.05, 0.1) is 11.9 Å². The van der Waals surface area contributed by atoms with E-state index in [1.807, 2.05) is 19.1 Å². The zero-order valence-corrected chi connectivity index (χ0v) is 15.3. The molecule has 1 N–H and O–H groups in total. The Bertz CT molecular complexity index is 1060. The van der Waals surface area contributed by atoms with Crippen LogP contribution in [-0.2, 0) is 0 Å². The Kier molecular flexibility index (Phi) is 4.32. The highest BCUT2D eigenvalue weighted by atomic mass is 19.4. The smallest absolute Gasteiger partial charge is 0.339 e. The standard InChI is InChI=1S/C19H18F3N5O/c1-10-5-13(8-23-7-10)14-6-11(2)17-24-9-15(27(17)26-14)18(28)25-16(12-3-4-12)19(20,21)22/h5-9,12,16H,3-4H2,1-2H3,(H,25,28)/t16-/m1/s1. The van der Waals surface area contributed by atoms with E-state index in [0.29, 0.717) is 24.2 Å². The summed E-state index contributed by atoms with van der Waals surface area (Å²) in [5.74, 6) is -1.40. The Morgan fingerprint density at radius 2 is 1.96 bits per heavy atom. The summed E-state index contributed by atoms with van der Waals surface area (Å²) in [4.78, 5) is 20.9. The molecule has 6 nitrogen and oxygen atoms in total. The second kappa shape index (κ2) is 6.57. The Hall–Kier alpha value is -2.97. The van der Waals surface area contributed by atoms with Crippen LogP contribution in [0.15, 0.2) is 30.7 Å². The number of carbonyl (C=O) groups excluding carboxylic acids is 1. The topological polar surface area (TPSA) is 72.2 Å². The Labute approximate surface area is 158 Å². The maximum absolute atomic E-state index is 13.3. The average molecular weight is 389 g/mol. The molecule has 1 saturated carbocycles. The molecule has 1 amide bonds. The number of carbonyl (C=O) groups is 1. The van der Waals surface area contributed by atoms with Crippen LogP contribution in [0.25, 0.3) is 16.9 Å². The summed E-state index contributed by atoms with van der Waals surface area (Å²) in [5, 5.41) is 6.55. The average Bonchev–Trinajstić information content (AvgIpc) is 3.36. The minimum absolute atomic E-state index is 0.0320. The predicted octanol–water partition coefficient (Wildman–Crippen LogP) is 3.48. The van der Waals surface area contributed by atoms with E-state index in [1.54, 1.807) is 19.3 Å². The molecule has 0 bridgehead atoms. The monoisotopic (exact) mass is 389 g/mol. The van der Waals surface area contributed by atoms with Crippen LogP contribution in [0.4, 0.5) is 13.2 Å². The van der Waals surface area contributed by atoms with E-state index in [4.69, 9.17) is 0 Å². The molecule has 0 spiro atoms. The van der Waals surface area contributed by atoms with Crippen molar-refractivity contribution in [1.82, 2.24) is 24.9 Å². The molecule has 1 fully saturated rings. The Morgan fingerprint density at radius 1 is 1.21 bits per heavy atom. The van der Waals surface area contributed by atoms with Crippen LogP contribution in [-0.4, -0.2) is 37.7 Å². The van der Waals surface area contributed by atoms with Crippen LogP contribution < -0.4 is 5.32 Å². The molecular formula is C19H18F3N5O. The summed E-state index contributed by atoms with van der Waals surface area (Å²) in [5.41, 5.74) is 3.39. The number of alkyl halides is 3. The number of halogens is 3. The number of rotatable bonds is 4. The van der Waals surface area contributed by atoms with Gasteiger partial charge in [-0.1, -0.05) is 0 Å². The molecule has 0 radical (unpaired) electrons. The third kappa shape index (κ3) is 3.44. The third-order valence-corrected chi connectivity index (χ3v) is 4.79. The fraction of sp³-hybridized carbons (Fsp3) is 0.368. The number of nitrogens with one attached hydrogen (secondary N) is 1. The van der Waals surface area contributed by atoms with Gasteiger partial charge >= 0.3 is 6.18 Å². The molecule has 3 aromatic rings. The zero-order valence-electron chi connectivity index (χ0n) is 15.3. The molecule has 0 unspecified atom stereocenters. The van der Waals surface area contributed by atoms with E-state index in [1.165, 1.54) is 10.7 Å².